The number of hydrogen-bond acceptors (Lipinski definition) is 4. The van der Waals surface area contributed by atoms with Crippen molar-refractivity contribution in [2.45, 2.75) is 32.2 Å². The molecule has 0 saturated heterocycles. The molecule has 1 N–H and O–H groups in total. The van der Waals surface area contributed by atoms with Crippen molar-refractivity contribution in [1.82, 2.24) is 9.13 Å². The first-order valence-electron chi connectivity index (χ1n) is 10.5. The van der Waals surface area contributed by atoms with E-state index in [-0.39, 0.29) is 12.1 Å². The molecule has 9 heteroatoms. The van der Waals surface area contributed by atoms with E-state index in [0.29, 0.717) is 31.6 Å². The summed E-state index contributed by atoms with van der Waals surface area (Å²) in [6, 6.07) is 13.5. The molecule has 168 valence electrons. The molecule has 0 spiro atoms. The summed E-state index contributed by atoms with van der Waals surface area (Å²) in [6.07, 6.45) is 3.71. The molecule has 1 aliphatic rings. The number of halogens is 2. The summed E-state index contributed by atoms with van der Waals surface area (Å²) in [5.41, 5.74) is 0.945. The first-order chi connectivity index (χ1) is 15.9. The van der Waals surface area contributed by atoms with Crippen molar-refractivity contribution in [2.75, 3.05) is 5.32 Å². The maximum absolute atomic E-state index is 13.5. The van der Waals surface area contributed by atoms with Crippen molar-refractivity contribution in [3.8, 4) is 5.69 Å². The van der Waals surface area contributed by atoms with Crippen LogP contribution in [-0.2, 0) is 24.2 Å². The fraction of sp³-hybridized carbons (Fsp3) is 0.208. The first-order valence-corrected chi connectivity index (χ1v) is 12.1. The number of rotatable bonds is 4. The van der Waals surface area contributed by atoms with Crippen LogP contribution in [0.5, 0.6) is 0 Å². The number of amides is 1. The Bertz CT molecular complexity index is 1510. The van der Waals surface area contributed by atoms with Crippen molar-refractivity contribution in [3.05, 3.63) is 89.9 Å². The van der Waals surface area contributed by atoms with Crippen LogP contribution in [0.4, 0.5) is 5.69 Å². The average Bonchev–Trinajstić information content (AvgIpc) is 3.20. The standard InChI is InChI=1S/C24H19Cl2N3O3S/c25-14-10-11-17(26)18(12-14)27-20(30)13-28-23-21(16-8-4-5-9-19(16)33-23)22(31)29(24(28)32)15-6-2-1-3-7-15/h1-3,6-7,10-12H,4-5,8-9,13H2,(H,27,30). The molecule has 1 aliphatic carbocycles. The van der Waals surface area contributed by atoms with Crippen LogP contribution in [-0.4, -0.2) is 15.0 Å². The number of hydrogen-bond donors (Lipinski definition) is 1. The molecule has 0 radical (unpaired) electrons. The van der Waals surface area contributed by atoms with Gasteiger partial charge in [-0.25, -0.2) is 9.36 Å². The topological polar surface area (TPSA) is 73.1 Å². The van der Waals surface area contributed by atoms with Crippen molar-refractivity contribution in [3.63, 3.8) is 0 Å². The number of carbonyl (C=O) groups is 1. The number of aryl methyl sites for hydroxylation is 2. The van der Waals surface area contributed by atoms with Gasteiger partial charge in [0.05, 0.1) is 21.8 Å². The highest BCUT2D eigenvalue weighted by molar-refractivity contribution is 7.18. The molecule has 0 fully saturated rings. The summed E-state index contributed by atoms with van der Waals surface area (Å²) in [7, 11) is 0. The first kappa shape index (κ1) is 21.9. The molecule has 2 heterocycles. The lowest BCUT2D eigenvalue weighted by Crippen LogP contribution is -2.40. The van der Waals surface area contributed by atoms with Crippen molar-refractivity contribution in [2.24, 2.45) is 0 Å². The van der Waals surface area contributed by atoms with Gasteiger partial charge in [0, 0.05) is 9.90 Å². The van der Waals surface area contributed by atoms with Crippen LogP contribution in [0.1, 0.15) is 23.3 Å². The van der Waals surface area contributed by atoms with E-state index in [9.17, 15) is 14.4 Å². The number of anilines is 1. The normalized spacial score (nSPS) is 13.2. The summed E-state index contributed by atoms with van der Waals surface area (Å²) in [5.74, 6) is -0.438. The van der Waals surface area contributed by atoms with E-state index in [1.165, 1.54) is 15.9 Å². The zero-order valence-corrected chi connectivity index (χ0v) is 19.8. The maximum Gasteiger partial charge on any atom is 0.337 e. The minimum atomic E-state index is -0.551. The molecule has 33 heavy (non-hydrogen) atoms. The van der Waals surface area contributed by atoms with Gasteiger partial charge in [0.2, 0.25) is 5.91 Å². The summed E-state index contributed by atoms with van der Waals surface area (Å²) in [5, 5.41) is 4.03. The number of thiophene rings is 1. The smallest absolute Gasteiger partial charge is 0.323 e. The SMILES string of the molecule is O=C(Cn1c(=O)n(-c2ccccc2)c(=O)c2c3c(sc21)CCCC3)Nc1cc(Cl)ccc1Cl. The predicted molar refractivity (Wildman–Crippen MR) is 133 cm³/mol. The van der Waals surface area contributed by atoms with Gasteiger partial charge in [-0.2, -0.15) is 0 Å². The molecular weight excluding hydrogens is 481 g/mol. The average molecular weight is 500 g/mol. The third-order valence-corrected chi connectivity index (χ3v) is 7.64. The van der Waals surface area contributed by atoms with Gasteiger partial charge in [-0.05, 0) is 61.6 Å². The van der Waals surface area contributed by atoms with Gasteiger partial charge in [0.1, 0.15) is 11.4 Å². The summed E-state index contributed by atoms with van der Waals surface area (Å²) in [4.78, 5) is 41.7. The lowest BCUT2D eigenvalue weighted by molar-refractivity contribution is -0.116. The van der Waals surface area contributed by atoms with Crippen LogP contribution in [0, 0.1) is 0 Å². The molecule has 1 amide bonds. The Morgan fingerprint density at radius 3 is 2.58 bits per heavy atom. The highest BCUT2D eigenvalue weighted by atomic mass is 35.5. The summed E-state index contributed by atoms with van der Waals surface area (Å²) < 4.78 is 2.55. The second kappa shape index (κ2) is 8.82. The number of carbonyl (C=O) groups excluding carboxylic acids is 1. The molecule has 0 bridgehead atoms. The van der Waals surface area contributed by atoms with Gasteiger partial charge < -0.3 is 5.32 Å². The van der Waals surface area contributed by atoms with Crippen LogP contribution in [0.15, 0.2) is 58.1 Å². The second-order valence-corrected chi connectivity index (χ2v) is 9.84. The van der Waals surface area contributed by atoms with E-state index in [0.717, 1.165) is 40.7 Å². The number of aromatic nitrogens is 2. The predicted octanol–water partition coefficient (Wildman–Crippen LogP) is 5.04. The molecule has 4 aromatic rings. The highest BCUT2D eigenvalue weighted by Crippen LogP contribution is 2.34. The van der Waals surface area contributed by atoms with E-state index in [1.54, 1.807) is 42.5 Å². The number of nitrogens with zero attached hydrogens (tertiary/aromatic N) is 2. The van der Waals surface area contributed by atoms with Crippen molar-refractivity contribution < 1.29 is 4.79 Å². The lowest BCUT2D eigenvalue weighted by Gasteiger charge is -2.14. The molecule has 5 rings (SSSR count). The maximum atomic E-state index is 13.5. The Kier molecular flexibility index (Phi) is 5.86. The zero-order valence-electron chi connectivity index (χ0n) is 17.4. The summed E-state index contributed by atoms with van der Waals surface area (Å²) >= 11 is 13.6. The van der Waals surface area contributed by atoms with Crippen molar-refractivity contribution >= 4 is 56.3 Å². The third-order valence-electron chi connectivity index (χ3n) is 5.76. The monoisotopic (exact) mass is 499 g/mol. The minimum absolute atomic E-state index is 0.259. The quantitative estimate of drug-likeness (QED) is 0.427. The van der Waals surface area contributed by atoms with E-state index >= 15 is 0 Å². The Hall–Kier alpha value is -2.87. The third kappa shape index (κ3) is 4.01. The lowest BCUT2D eigenvalue weighted by atomic mass is 9.97. The van der Waals surface area contributed by atoms with E-state index < -0.39 is 11.6 Å². The fourth-order valence-electron chi connectivity index (χ4n) is 4.24. The Labute approximate surface area is 203 Å². The highest BCUT2D eigenvalue weighted by Gasteiger charge is 2.25. The van der Waals surface area contributed by atoms with E-state index in [4.69, 9.17) is 23.2 Å². The molecule has 0 unspecified atom stereocenters. The van der Waals surface area contributed by atoms with Gasteiger partial charge in [-0.3, -0.25) is 14.2 Å². The molecule has 0 atom stereocenters. The zero-order chi connectivity index (χ0) is 23.1. The van der Waals surface area contributed by atoms with E-state index in [2.05, 4.69) is 5.32 Å². The number of nitrogens with one attached hydrogen (secondary N) is 1. The Balaban J connectivity index is 1.67. The molecule has 0 aliphatic heterocycles. The van der Waals surface area contributed by atoms with Crippen LogP contribution < -0.4 is 16.6 Å². The molecular formula is C24H19Cl2N3O3S. The van der Waals surface area contributed by atoms with Gasteiger partial charge >= 0.3 is 5.69 Å². The number of benzene rings is 2. The molecule has 0 saturated carbocycles. The largest absolute Gasteiger partial charge is 0.337 e. The molecule has 6 nitrogen and oxygen atoms in total. The number of para-hydroxylation sites is 1. The number of fused-ring (bicyclic) bond motifs is 3. The summed E-state index contributed by atoms with van der Waals surface area (Å²) in [6.45, 7) is -0.259. The minimum Gasteiger partial charge on any atom is -0.323 e. The van der Waals surface area contributed by atoms with Gasteiger partial charge in [-0.15, -0.1) is 11.3 Å². The van der Waals surface area contributed by atoms with Gasteiger partial charge in [0.25, 0.3) is 5.56 Å². The second-order valence-electron chi connectivity index (χ2n) is 7.91. The van der Waals surface area contributed by atoms with Crippen LogP contribution in [0.3, 0.4) is 0 Å². The van der Waals surface area contributed by atoms with Gasteiger partial charge in [0.15, 0.2) is 0 Å². The Morgan fingerprint density at radius 2 is 1.79 bits per heavy atom. The van der Waals surface area contributed by atoms with E-state index in [1.807, 2.05) is 6.07 Å². The Morgan fingerprint density at radius 1 is 1.03 bits per heavy atom. The molecule has 2 aromatic heterocycles. The van der Waals surface area contributed by atoms with Crippen LogP contribution >= 0.6 is 34.5 Å². The van der Waals surface area contributed by atoms with Gasteiger partial charge in [-0.1, -0.05) is 41.4 Å². The molecule has 2 aromatic carbocycles. The van der Waals surface area contributed by atoms with Crippen molar-refractivity contribution in [1.29, 1.82) is 0 Å². The van der Waals surface area contributed by atoms with Crippen LogP contribution in [0.2, 0.25) is 10.0 Å². The fourth-order valence-corrected chi connectivity index (χ4v) is 5.95. The van der Waals surface area contributed by atoms with Crippen LogP contribution in [0.25, 0.3) is 15.9 Å².